The summed E-state index contributed by atoms with van der Waals surface area (Å²) >= 11 is 0. The molecule has 0 atom stereocenters. The van der Waals surface area contributed by atoms with E-state index in [1.165, 1.54) is 6.07 Å². The molecule has 0 unspecified atom stereocenters. The number of carbonyl (C=O) groups excluding carboxylic acids is 2. The Morgan fingerprint density at radius 3 is 2.29 bits per heavy atom. The zero-order valence-electron chi connectivity index (χ0n) is 11.5. The van der Waals surface area contributed by atoms with Crippen molar-refractivity contribution in [3.05, 3.63) is 70.8 Å². The SMILES string of the molecule is NCc1ccccc1CNC(=O)c1cccc(C(N)=O)c1. The Balaban J connectivity index is 2.08. The second kappa shape index (κ2) is 6.67. The van der Waals surface area contributed by atoms with Crippen molar-refractivity contribution < 1.29 is 9.59 Å². The van der Waals surface area contributed by atoms with E-state index in [1.54, 1.807) is 18.2 Å². The topological polar surface area (TPSA) is 98.2 Å². The standard InChI is InChI=1S/C16H17N3O2/c17-9-13-4-1-2-5-14(13)10-19-16(21)12-7-3-6-11(8-12)15(18)20/h1-8H,9-10,17H2,(H2,18,20)(H,19,21). The van der Waals surface area contributed by atoms with E-state index in [-0.39, 0.29) is 5.91 Å². The molecule has 0 spiro atoms. The van der Waals surface area contributed by atoms with Crippen molar-refractivity contribution in [1.29, 1.82) is 0 Å². The predicted molar refractivity (Wildman–Crippen MR) is 80.5 cm³/mol. The van der Waals surface area contributed by atoms with Gasteiger partial charge in [0.1, 0.15) is 0 Å². The van der Waals surface area contributed by atoms with Crippen molar-refractivity contribution in [2.45, 2.75) is 13.1 Å². The minimum Gasteiger partial charge on any atom is -0.366 e. The number of rotatable bonds is 5. The third kappa shape index (κ3) is 3.67. The zero-order valence-corrected chi connectivity index (χ0v) is 11.5. The molecule has 5 N–H and O–H groups in total. The zero-order chi connectivity index (χ0) is 15.2. The molecule has 0 aliphatic heterocycles. The van der Waals surface area contributed by atoms with E-state index in [2.05, 4.69) is 5.32 Å². The lowest BCUT2D eigenvalue weighted by Crippen LogP contribution is -2.24. The number of hydrogen-bond acceptors (Lipinski definition) is 3. The molecule has 5 heteroatoms. The number of nitrogens with one attached hydrogen (secondary N) is 1. The number of carbonyl (C=O) groups is 2. The van der Waals surface area contributed by atoms with E-state index in [0.29, 0.717) is 24.2 Å². The van der Waals surface area contributed by atoms with Crippen LogP contribution < -0.4 is 16.8 Å². The van der Waals surface area contributed by atoms with E-state index >= 15 is 0 Å². The van der Waals surface area contributed by atoms with Gasteiger partial charge in [-0.25, -0.2) is 0 Å². The predicted octanol–water partition coefficient (Wildman–Crippen LogP) is 1.17. The maximum Gasteiger partial charge on any atom is 0.251 e. The van der Waals surface area contributed by atoms with Crippen LogP contribution in [0.2, 0.25) is 0 Å². The summed E-state index contributed by atoms with van der Waals surface area (Å²) in [4.78, 5) is 23.2. The Morgan fingerprint density at radius 1 is 0.952 bits per heavy atom. The van der Waals surface area contributed by atoms with Gasteiger partial charge in [0.25, 0.3) is 5.91 Å². The first kappa shape index (κ1) is 14.7. The average molecular weight is 283 g/mol. The van der Waals surface area contributed by atoms with Crippen LogP contribution in [0.5, 0.6) is 0 Å². The molecular weight excluding hydrogens is 266 g/mol. The van der Waals surface area contributed by atoms with Crippen LogP contribution >= 0.6 is 0 Å². The van der Waals surface area contributed by atoms with Gasteiger partial charge >= 0.3 is 0 Å². The Bertz CT molecular complexity index is 668. The fourth-order valence-corrected chi connectivity index (χ4v) is 2.02. The van der Waals surface area contributed by atoms with E-state index in [1.807, 2.05) is 24.3 Å². The number of hydrogen-bond donors (Lipinski definition) is 3. The fourth-order valence-electron chi connectivity index (χ4n) is 2.02. The summed E-state index contributed by atoms with van der Waals surface area (Å²) in [6.45, 7) is 0.802. The van der Waals surface area contributed by atoms with Crippen molar-refractivity contribution in [2.24, 2.45) is 11.5 Å². The maximum absolute atomic E-state index is 12.1. The van der Waals surface area contributed by atoms with Crippen LogP contribution in [0, 0.1) is 0 Å². The first-order chi connectivity index (χ1) is 10.1. The molecule has 2 rings (SSSR count). The summed E-state index contributed by atoms with van der Waals surface area (Å²) in [5.74, 6) is -0.817. The third-order valence-electron chi connectivity index (χ3n) is 3.19. The molecule has 5 nitrogen and oxygen atoms in total. The van der Waals surface area contributed by atoms with Gasteiger partial charge in [-0.3, -0.25) is 9.59 Å². The van der Waals surface area contributed by atoms with Gasteiger partial charge in [-0.1, -0.05) is 30.3 Å². The van der Waals surface area contributed by atoms with Crippen molar-refractivity contribution in [2.75, 3.05) is 0 Å². The van der Waals surface area contributed by atoms with Crippen LogP contribution in [-0.2, 0) is 13.1 Å². The quantitative estimate of drug-likeness (QED) is 0.768. The normalized spacial score (nSPS) is 10.1. The molecule has 2 amide bonds. The number of benzene rings is 2. The van der Waals surface area contributed by atoms with Crippen LogP contribution in [0.3, 0.4) is 0 Å². The van der Waals surface area contributed by atoms with Crippen LogP contribution in [-0.4, -0.2) is 11.8 Å². The molecule has 0 radical (unpaired) electrons. The first-order valence-corrected chi connectivity index (χ1v) is 6.56. The van der Waals surface area contributed by atoms with Gasteiger partial charge in [-0.15, -0.1) is 0 Å². The van der Waals surface area contributed by atoms with Crippen LogP contribution in [0.4, 0.5) is 0 Å². The Morgan fingerprint density at radius 2 is 1.62 bits per heavy atom. The van der Waals surface area contributed by atoms with Crippen molar-refractivity contribution in [3.8, 4) is 0 Å². The molecule has 0 aliphatic carbocycles. The lowest BCUT2D eigenvalue weighted by atomic mass is 10.1. The van der Waals surface area contributed by atoms with Gasteiger partial charge < -0.3 is 16.8 Å². The van der Waals surface area contributed by atoms with Crippen molar-refractivity contribution in [3.63, 3.8) is 0 Å². The monoisotopic (exact) mass is 283 g/mol. The van der Waals surface area contributed by atoms with Crippen LogP contribution in [0.1, 0.15) is 31.8 Å². The van der Waals surface area contributed by atoms with Crippen molar-refractivity contribution >= 4 is 11.8 Å². The largest absolute Gasteiger partial charge is 0.366 e. The lowest BCUT2D eigenvalue weighted by molar-refractivity contribution is 0.0951. The minimum atomic E-state index is -0.557. The molecule has 2 aromatic rings. The lowest BCUT2D eigenvalue weighted by Gasteiger charge is -2.09. The highest BCUT2D eigenvalue weighted by Gasteiger charge is 2.09. The molecular formula is C16H17N3O2. The highest BCUT2D eigenvalue weighted by Crippen LogP contribution is 2.09. The van der Waals surface area contributed by atoms with E-state index in [4.69, 9.17) is 11.5 Å². The van der Waals surface area contributed by atoms with Gasteiger partial charge in [0.15, 0.2) is 0 Å². The van der Waals surface area contributed by atoms with Crippen LogP contribution in [0.25, 0.3) is 0 Å². The molecule has 21 heavy (non-hydrogen) atoms. The smallest absolute Gasteiger partial charge is 0.251 e. The van der Waals surface area contributed by atoms with E-state index < -0.39 is 5.91 Å². The summed E-state index contributed by atoms with van der Waals surface area (Å²) in [6.07, 6.45) is 0. The number of amides is 2. The maximum atomic E-state index is 12.1. The Labute approximate surface area is 123 Å². The molecule has 0 heterocycles. The van der Waals surface area contributed by atoms with E-state index in [0.717, 1.165) is 11.1 Å². The second-order valence-corrected chi connectivity index (χ2v) is 4.60. The summed E-state index contributed by atoms with van der Waals surface area (Å²) in [5, 5.41) is 2.81. The summed E-state index contributed by atoms with van der Waals surface area (Å²) in [7, 11) is 0. The van der Waals surface area contributed by atoms with E-state index in [9.17, 15) is 9.59 Å². The summed E-state index contributed by atoms with van der Waals surface area (Å²) in [5.41, 5.74) is 13.5. The molecule has 0 aliphatic rings. The summed E-state index contributed by atoms with van der Waals surface area (Å²) < 4.78 is 0. The van der Waals surface area contributed by atoms with Gasteiger partial charge in [0.05, 0.1) is 0 Å². The number of primary amides is 1. The highest BCUT2D eigenvalue weighted by atomic mass is 16.2. The molecule has 0 aromatic heterocycles. The average Bonchev–Trinajstić information content (AvgIpc) is 2.52. The second-order valence-electron chi connectivity index (χ2n) is 4.60. The molecule has 2 aromatic carbocycles. The fraction of sp³-hybridized carbons (Fsp3) is 0.125. The van der Waals surface area contributed by atoms with Crippen LogP contribution in [0.15, 0.2) is 48.5 Å². The Kier molecular flexibility index (Phi) is 4.68. The first-order valence-electron chi connectivity index (χ1n) is 6.56. The highest BCUT2D eigenvalue weighted by molar-refractivity contribution is 5.99. The van der Waals surface area contributed by atoms with Gasteiger partial charge in [0, 0.05) is 24.2 Å². The molecule has 0 bridgehead atoms. The minimum absolute atomic E-state index is 0.259. The summed E-state index contributed by atoms with van der Waals surface area (Å²) in [6, 6.07) is 14.0. The van der Waals surface area contributed by atoms with Gasteiger partial charge in [-0.2, -0.15) is 0 Å². The molecule has 0 saturated carbocycles. The number of nitrogens with two attached hydrogens (primary N) is 2. The Hall–Kier alpha value is -2.66. The van der Waals surface area contributed by atoms with Gasteiger partial charge in [0.2, 0.25) is 5.91 Å². The molecule has 108 valence electrons. The molecule has 0 fully saturated rings. The third-order valence-corrected chi connectivity index (χ3v) is 3.19. The molecule has 0 saturated heterocycles. The van der Waals surface area contributed by atoms with Crippen molar-refractivity contribution in [1.82, 2.24) is 5.32 Å². The van der Waals surface area contributed by atoms with Gasteiger partial charge in [-0.05, 0) is 29.3 Å².